The lowest BCUT2D eigenvalue weighted by molar-refractivity contribution is 0.409. The maximum atomic E-state index is 11.6. The lowest BCUT2D eigenvalue weighted by atomic mass is 9.91. The Kier molecular flexibility index (Phi) is 3.38. The fraction of sp³-hybridized carbons (Fsp3) is 0.500. The molecule has 4 nitrogen and oxygen atoms in total. The van der Waals surface area contributed by atoms with Gasteiger partial charge in [0.05, 0.1) is 17.2 Å². The van der Waals surface area contributed by atoms with Crippen LogP contribution < -0.4 is 11.3 Å². The molecule has 0 saturated carbocycles. The Morgan fingerprint density at radius 2 is 2.19 bits per heavy atom. The zero-order valence-corrected chi connectivity index (χ0v) is 9.95. The molecule has 4 heteroatoms. The topological polar surface area (TPSA) is 71.8 Å². The molecule has 0 amide bonds. The van der Waals surface area contributed by atoms with Gasteiger partial charge < -0.3 is 10.3 Å². The standard InChI is InChI=1S/C12H17N3O/c1-9-6-11(16)15(7-10(9)14)5-4-12(2,3)8-13/h6-7H,4-5,14H2,1-3H3. The first-order valence-corrected chi connectivity index (χ1v) is 5.23. The molecule has 0 aliphatic carbocycles. The SMILES string of the molecule is Cc1cc(=O)n(CCC(C)(C)C#N)cc1N. The molecule has 0 fully saturated rings. The number of rotatable bonds is 3. The van der Waals surface area contributed by atoms with Crippen LogP contribution >= 0.6 is 0 Å². The summed E-state index contributed by atoms with van der Waals surface area (Å²) in [7, 11) is 0. The number of nitrogens with zero attached hydrogens (tertiary/aromatic N) is 2. The lowest BCUT2D eigenvalue weighted by Gasteiger charge is -2.16. The van der Waals surface area contributed by atoms with Crippen LogP contribution in [-0.2, 0) is 6.54 Å². The molecule has 1 aromatic heterocycles. The largest absolute Gasteiger partial charge is 0.397 e. The average Bonchev–Trinajstić information content (AvgIpc) is 2.22. The molecule has 0 aliphatic heterocycles. The van der Waals surface area contributed by atoms with Crippen LogP contribution in [0.2, 0.25) is 0 Å². The van der Waals surface area contributed by atoms with E-state index in [1.165, 1.54) is 6.07 Å². The molecular weight excluding hydrogens is 202 g/mol. The van der Waals surface area contributed by atoms with Crippen molar-refractivity contribution in [3.63, 3.8) is 0 Å². The lowest BCUT2D eigenvalue weighted by Crippen LogP contribution is -2.23. The number of nitrogens with two attached hydrogens (primary N) is 1. The third-order valence-corrected chi connectivity index (χ3v) is 2.65. The Morgan fingerprint density at radius 3 is 2.75 bits per heavy atom. The summed E-state index contributed by atoms with van der Waals surface area (Å²) in [5, 5.41) is 8.88. The molecule has 1 heterocycles. The molecule has 0 aliphatic rings. The first kappa shape index (κ1) is 12.3. The van der Waals surface area contributed by atoms with E-state index in [4.69, 9.17) is 11.0 Å². The van der Waals surface area contributed by atoms with E-state index in [1.54, 1.807) is 17.7 Å². The van der Waals surface area contributed by atoms with Gasteiger partial charge in [-0.2, -0.15) is 5.26 Å². The number of anilines is 1. The smallest absolute Gasteiger partial charge is 0.250 e. The average molecular weight is 219 g/mol. The number of pyridine rings is 1. The van der Waals surface area contributed by atoms with Crippen molar-refractivity contribution in [2.45, 2.75) is 33.7 Å². The maximum Gasteiger partial charge on any atom is 0.250 e. The molecule has 16 heavy (non-hydrogen) atoms. The van der Waals surface area contributed by atoms with Crippen LogP contribution in [-0.4, -0.2) is 4.57 Å². The summed E-state index contributed by atoms with van der Waals surface area (Å²) in [6.07, 6.45) is 2.27. The van der Waals surface area contributed by atoms with Gasteiger partial charge in [-0.3, -0.25) is 4.79 Å². The minimum Gasteiger partial charge on any atom is -0.397 e. The summed E-state index contributed by atoms with van der Waals surface area (Å²) in [5.74, 6) is 0. The van der Waals surface area contributed by atoms with Crippen molar-refractivity contribution in [2.75, 3.05) is 5.73 Å². The molecule has 1 aromatic rings. The van der Waals surface area contributed by atoms with Crippen molar-refractivity contribution in [1.29, 1.82) is 5.26 Å². The van der Waals surface area contributed by atoms with Crippen LogP contribution in [0.25, 0.3) is 0 Å². The summed E-state index contributed by atoms with van der Waals surface area (Å²) in [4.78, 5) is 11.6. The molecule has 0 aromatic carbocycles. The van der Waals surface area contributed by atoms with Gasteiger partial charge in [0.1, 0.15) is 0 Å². The van der Waals surface area contributed by atoms with Gasteiger partial charge in [0.2, 0.25) is 0 Å². The van der Waals surface area contributed by atoms with Crippen LogP contribution in [0.3, 0.4) is 0 Å². The van der Waals surface area contributed by atoms with Crippen molar-refractivity contribution in [1.82, 2.24) is 4.57 Å². The van der Waals surface area contributed by atoms with Crippen molar-refractivity contribution < 1.29 is 0 Å². The molecular formula is C12H17N3O. The molecule has 86 valence electrons. The van der Waals surface area contributed by atoms with Gasteiger partial charge in [-0.25, -0.2) is 0 Å². The third kappa shape index (κ3) is 2.86. The second kappa shape index (κ2) is 4.40. The van der Waals surface area contributed by atoms with Crippen LogP contribution in [0, 0.1) is 23.7 Å². The molecule has 0 spiro atoms. The van der Waals surface area contributed by atoms with Gasteiger partial charge in [-0.1, -0.05) is 0 Å². The zero-order valence-electron chi connectivity index (χ0n) is 9.95. The van der Waals surface area contributed by atoms with Crippen molar-refractivity contribution >= 4 is 5.69 Å². The van der Waals surface area contributed by atoms with E-state index in [-0.39, 0.29) is 5.56 Å². The van der Waals surface area contributed by atoms with Gasteiger partial charge in [-0.05, 0) is 32.8 Å². The summed E-state index contributed by atoms with van der Waals surface area (Å²) < 4.78 is 1.56. The molecule has 0 atom stereocenters. The first-order chi connectivity index (χ1) is 7.35. The highest BCUT2D eigenvalue weighted by Gasteiger charge is 2.16. The van der Waals surface area contributed by atoms with E-state index < -0.39 is 5.41 Å². The van der Waals surface area contributed by atoms with E-state index in [0.29, 0.717) is 18.7 Å². The fourth-order valence-electron chi connectivity index (χ4n) is 1.32. The van der Waals surface area contributed by atoms with Crippen LogP contribution in [0.15, 0.2) is 17.1 Å². The second-order valence-corrected chi connectivity index (χ2v) is 4.69. The van der Waals surface area contributed by atoms with Crippen LogP contribution in [0.1, 0.15) is 25.8 Å². The number of aryl methyl sites for hydroxylation is 2. The third-order valence-electron chi connectivity index (χ3n) is 2.65. The number of nitriles is 1. The van der Waals surface area contributed by atoms with Crippen LogP contribution in [0.4, 0.5) is 5.69 Å². The van der Waals surface area contributed by atoms with Gasteiger partial charge in [0.15, 0.2) is 0 Å². The minimum absolute atomic E-state index is 0.0690. The van der Waals surface area contributed by atoms with Gasteiger partial charge in [-0.15, -0.1) is 0 Å². The highest BCUT2D eigenvalue weighted by Crippen LogP contribution is 2.19. The van der Waals surface area contributed by atoms with Crippen molar-refractivity contribution in [3.8, 4) is 6.07 Å². The quantitative estimate of drug-likeness (QED) is 0.840. The highest BCUT2D eigenvalue weighted by atomic mass is 16.1. The highest BCUT2D eigenvalue weighted by molar-refractivity contribution is 5.42. The van der Waals surface area contributed by atoms with Crippen LogP contribution in [0.5, 0.6) is 0 Å². The summed E-state index contributed by atoms with van der Waals surface area (Å²) in [6.45, 7) is 6.04. The predicted octanol–water partition coefficient (Wildman–Crippen LogP) is 1.68. The normalized spacial score (nSPS) is 11.1. The number of nitrogen functional groups attached to an aromatic ring is 1. The summed E-state index contributed by atoms with van der Waals surface area (Å²) in [5.41, 5.74) is 6.65. The molecule has 0 radical (unpaired) electrons. The van der Waals surface area contributed by atoms with E-state index >= 15 is 0 Å². The van der Waals surface area contributed by atoms with E-state index in [0.717, 1.165) is 5.56 Å². The second-order valence-electron chi connectivity index (χ2n) is 4.69. The maximum absolute atomic E-state index is 11.6. The molecule has 0 unspecified atom stereocenters. The Bertz CT molecular complexity index is 480. The van der Waals surface area contributed by atoms with E-state index in [1.807, 2.05) is 13.8 Å². The fourth-order valence-corrected chi connectivity index (χ4v) is 1.32. The Hall–Kier alpha value is -1.76. The summed E-state index contributed by atoms with van der Waals surface area (Å²) in [6, 6.07) is 3.73. The number of hydrogen-bond donors (Lipinski definition) is 1. The molecule has 2 N–H and O–H groups in total. The Labute approximate surface area is 95.3 Å². The van der Waals surface area contributed by atoms with Crippen molar-refractivity contribution in [3.05, 3.63) is 28.2 Å². The first-order valence-electron chi connectivity index (χ1n) is 5.23. The summed E-state index contributed by atoms with van der Waals surface area (Å²) >= 11 is 0. The molecule has 1 rings (SSSR count). The van der Waals surface area contributed by atoms with E-state index in [2.05, 4.69) is 6.07 Å². The monoisotopic (exact) mass is 219 g/mol. The number of hydrogen-bond acceptors (Lipinski definition) is 3. The molecule has 0 bridgehead atoms. The van der Waals surface area contributed by atoms with Gasteiger partial charge in [0, 0.05) is 18.8 Å². The Balaban J connectivity index is 2.88. The van der Waals surface area contributed by atoms with Crippen molar-refractivity contribution in [2.24, 2.45) is 5.41 Å². The Morgan fingerprint density at radius 1 is 1.56 bits per heavy atom. The van der Waals surface area contributed by atoms with Gasteiger partial charge >= 0.3 is 0 Å². The van der Waals surface area contributed by atoms with E-state index in [9.17, 15) is 4.79 Å². The predicted molar refractivity (Wildman–Crippen MR) is 63.9 cm³/mol. The zero-order chi connectivity index (χ0) is 12.3. The minimum atomic E-state index is -0.418. The molecule has 0 saturated heterocycles. The van der Waals surface area contributed by atoms with Gasteiger partial charge in [0.25, 0.3) is 5.56 Å². The number of aromatic nitrogens is 1.